The molecule has 1 amide bonds. The highest BCUT2D eigenvalue weighted by atomic mass is 16.1. The molecule has 0 bridgehead atoms. The summed E-state index contributed by atoms with van der Waals surface area (Å²) in [5.74, 6) is -0.0503. The summed E-state index contributed by atoms with van der Waals surface area (Å²) in [6.45, 7) is 0.288. The molecule has 24 heavy (non-hydrogen) atoms. The van der Waals surface area contributed by atoms with Crippen LogP contribution in [-0.2, 0) is 11.3 Å². The van der Waals surface area contributed by atoms with Crippen molar-refractivity contribution in [3.05, 3.63) is 73.1 Å². The van der Waals surface area contributed by atoms with E-state index in [-0.39, 0.29) is 12.5 Å². The van der Waals surface area contributed by atoms with Crippen molar-refractivity contribution in [2.45, 2.75) is 6.54 Å². The van der Waals surface area contributed by atoms with Gasteiger partial charge in [0.1, 0.15) is 6.54 Å². The van der Waals surface area contributed by atoms with E-state index < -0.39 is 0 Å². The van der Waals surface area contributed by atoms with Crippen LogP contribution in [0.3, 0.4) is 0 Å². The number of carbonyl (C=O) groups excluding carboxylic acids is 1. The lowest BCUT2D eigenvalue weighted by Crippen LogP contribution is -2.18. The van der Waals surface area contributed by atoms with Crippen LogP contribution in [0, 0.1) is 0 Å². The molecule has 2 N–H and O–H groups in total. The summed E-state index contributed by atoms with van der Waals surface area (Å²) in [6.07, 6.45) is 3.65. The predicted octanol–water partition coefficient (Wildman–Crippen LogP) is 3.67. The Morgan fingerprint density at radius 2 is 1.88 bits per heavy atom. The van der Waals surface area contributed by atoms with Gasteiger partial charge < -0.3 is 9.88 Å². The first-order valence-corrected chi connectivity index (χ1v) is 7.73. The number of carbonyl (C=O) groups is 1. The van der Waals surface area contributed by atoms with Crippen LogP contribution in [0.15, 0.2) is 73.1 Å². The van der Waals surface area contributed by atoms with Gasteiger partial charge >= 0.3 is 0 Å². The summed E-state index contributed by atoms with van der Waals surface area (Å²) < 4.78 is 1.95. The molecule has 0 aliphatic carbocycles. The Hall–Kier alpha value is -3.34. The van der Waals surface area contributed by atoms with Crippen LogP contribution in [-0.4, -0.2) is 20.7 Å². The molecule has 0 saturated carbocycles. The van der Waals surface area contributed by atoms with Gasteiger partial charge in [0, 0.05) is 23.6 Å². The zero-order valence-corrected chi connectivity index (χ0v) is 12.9. The molecule has 0 fully saturated rings. The first-order valence-electron chi connectivity index (χ1n) is 7.73. The summed E-state index contributed by atoms with van der Waals surface area (Å²) in [5.41, 5.74) is 3.82. The highest BCUT2D eigenvalue weighted by Gasteiger charge is 2.07. The summed E-state index contributed by atoms with van der Waals surface area (Å²) >= 11 is 0. The van der Waals surface area contributed by atoms with E-state index in [2.05, 4.69) is 15.5 Å². The maximum absolute atomic E-state index is 12.3. The van der Waals surface area contributed by atoms with Crippen LogP contribution < -0.4 is 5.32 Å². The quantitative estimate of drug-likeness (QED) is 0.603. The van der Waals surface area contributed by atoms with Gasteiger partial charge in [0.25, 0.3) is 0 Å². The molecular formula is C19H16N4O. The minimum atomic E-state index is -0.0503. The van der Waals surface area contributed by atoms with E-state index in [4.69, 9.17) is 0 Å². The average molecular weight is 316 g/mol. The number of aromatic nitrogens is 3. The van der Waals surface area contributed by atoms with Gasteiger partial charge in [0.15, 0.2) is 0 Å². The van der Waals surface area contributed by atoms with Gasteiger partial charge in [-0.15, -0.1) is 0 Å². The molecule has 0 radical (unpaired) electrons. The third-order valence-corrected chi connectivity index (χ3v) is 3.97. The Kier molecular flexibility index (Phi) is 3.59. The van der Waals surface area contributed by atoms with Crippen molar-refractivity contribution in [2.24, 2.45) is 0 Å². The van der Waals surface area contributed by atoms with E-state index in [1.54, 1.807) is 6.20 Å². The number of anilines is 1. The van der Waals surface area contributed by atoms with Crippen LogP contribution in [0.25, 0.3) is 22.2 Å². The van der Waals surface area contributed by atoms with Crippen LogP contribution in [0.1, 0.15) is 0 Å². The maximum Gasteiger partial charge on any atom is 0.244 e. The first-order chi connectivity index (χ1) is 11.8. The van der Waals surface area contributed by atoms with Gasteiger partial charge in [-0.25, -0.2) is 0 Å². The zero-order chi connectivity index (χ0) is 16.4. The van der Waals surface area contributed by atoms with Crippen molar-refractivity contribution in [3.8, 4) is 11.3 Å². The minimum Gasteiger partial charge on any atom is -0.338 e. The number of para-hydroxylation sites is 1. The lowest BCUT2D eigenvalue weighted by Gasteiger charge is -2.08. The van der Waals surface area contributed by atoms with Crippen molar-refractivity contribution >= 4 is 22.5 Å². The third kappa shape index (κ3) is 2.79. The highest BCUT2D eigenvalue weighted by Crippen LogP contribution is 2.19. The number of benzene rings is 2. The first kappa shape index (κ1) is 14.3. The monoisotopic (exact) mass is 316 g/mol. The molecule has 4 rings (SSSR count). The van der Waals surface area contributed by atoms with Gasteiger partial charge in [-0.3, -0.25) is 9.89 Å². The van der Waals surface area contributed by atoms with Crippen LogP contribution >= 0.6 is 0 Å². The number of aromatic amines is 1. The summed E-state index contributed by atoms with van der Waals surface area (Å²) in [6, 6.07) is 19.6. The van der Waals surface area contributed by atoms with E-state index in [1.807, 2.05) is 71.4 Å². The number of H-pyrrole nitrogens is 1. The largest absolute Gasteiger partial charge is 0.338 e. The van der Waals surface area contributed by atoms with Gasteiger partial charge in [0.2, 0.25) is 5.91 Å². The van der Waals surface area contributed by atoms with Crippen LogP contribution in [0.4, 0.5) is 5.69 Å². The van der Waals surface area contributed by atoms with Crippen molar-refractivity contribution < 1.29 is 4.79 Å². The Balaban J connectivity index is 1.46. The van der Waals surface area contributed by atoms with E-state index in [9.17, 15) is 4.79 Å². The smallest absolute Gasteiger partial charge is 0.244 e. The second-order valence-corrected chi connectivity index (χ2v) is 5.60. The SMILES string of the molecule is O=C(Cn1ccc2ccccc21)Nc1ccc(-c2ccn[nH]2)cc1. The normalized spacial score (nSPS) is 10.8. The van der Waals surface area contributed by atoms with Crippen LogP contribution in [0.2, 0.25) is 0 Å². The fourth-order valence-electron chi connectivity index (χ4n) is 2.78. The number of rotatable bonds is 4. The van der Waals surface area contributed by atoms with Gasteiger partial charge in [-0.2, -0.15) is 5.10 Å². The molecular weight excluding hydrogens is 300 g/mol. The second-order valence-electron chi connectivity index (χ2n) is 5.60. The summed E-state index contributed by atoms with van der Waals surface area (Å²) in [5, 5.41) is 10.9. The molecule has 2 heterocycles. The molecule has 5 heteroatoms. The van der Waals surface area contributed by atoms with Crippen LogP contribution in [0.5, 0.6) is 0 Å². The lowest BCUT2D eigenvalue weighted by atomic mass is 10.1. The molecule has 118 valence electrons. The minimum absolute atomic E-state index is 0.0503. The van der Waals surface area contributed by atoms with Crippen molar-refractivity contribution in [1.82, 2.24) is 14.8 Å². The number of hydrogen-bond donors (Lipinski definition) is 2. The Bertz CT molecular complexity index is 968. The molecule has 4 aromatic rings. The standard InChI is InChI=1S/C19H16N4O/c24-19(13-23-12-10-15-3-1-2-4-18(15)23)21-16-7-5-14(6-8-16)17-9-11-20-22-17/h1-12H,13H2,(H,20,22)(H,21,24). The molecule has 0 aliphatic heterocycles. The lowest BCUT2D eigenvalue weighted by molar-refractivity contribution is -0.116. The maximum atomic E-state index is 12.3. The summed E-state index contributed by atoms with van der Waals surface area (Å²) in [7, 11) is 0. The number of nitrogens with one attached hydrogen (secondary N) is 2. The molecule has 0 atom stereocenters. The van der Waals surface area contributed by atoms with E-state index >= 15 is 0 Å². The van der Waals surface area contributed by atoms with E-state index in [0.717, 1.165) is 27.8 Å². The fourth-order valence-corrected chi connectivity index (χ4v) is 2.78. The number of hydrogen-bond acceptors (Lipinski definition) is 2. The van der Waals surface area contributed by atoms with E-state index in [0.29, 0.717) is 0 Å². The predicted molar refractivity (Wildman–Crippen MR) is 94.6 cm³/mol. The third-order valence-electron chi connectivity index (χ3n) is 3.97. The zero-order valence-electron chi connectivity index (χ0n) is 12.9. The van der Waals surface area contributed by atoms with E-state index in [1.165, 1.54) is 0 Å². The molecule has 0 aliphatic rings. The topological polar surface area (TPSA) is 62.7 Å². The van der Waals surface area contributed by atoms with Crippen molar-refractivity contribution in [2.75, 3.05) is 5.32 Å². The number of fused-ring (bicyclic) bond motifs is 1. The second kappa shape index (κ2) is 6.04. The summed E-state index contributed by atoms with van der Waals surface area (Å²) in [4.78, 5) is 12.3. The Morgan fingerprint density at radius 1 is 1.04 bits per heavy atom. The average Bonchev–Trinajstić information content (AvgIpc) is 3.26. The number of nitrogens with zero attached hydrogens (tertiary/aromatic N) is 2. The van der Waals surface area contributed by atoms with Gasteiger partial charge in [-0.1, -0.05) is 30.3 Å². The molecule has 5 nitrogen and oxygen atoms in total. The van der Waals surface area contributed by atoms with Crippen molar-refractivity contribution in [1.29, 1.82) is 0 Å². The Morgan fingerprint density at radius 3 is 2.67 bits per heavy atom. The molecule has 0 spiro atoms. The Labute approximate surface area is 138 Å². The fraction of sp³-hybridized carbons (Fsp3) is 0.0526. The van der Waals surface area contributed by atoms with Gasteiger partial charge in [-0.05, 0) is 41.3 Å². The molecule has 0 saturated heterocycles. The van der Waals surface area contributed by atoms with Crippen molar-refractivity contribution in [3.63, 3.8) is 0 Å². The number of amides is 1. The highest BCUT2D eigenvalue weighted by molar-refractivity contribution is 5.92. The van der Waals surface area contributed by atoms with Gasteiger partial charge in [0.05, 0.1) is 5.69 Å². The molecule has 2 aromatic heterocycles. The molecule has 0 unspecified atom stereocenters. The molecule has 2 aromatic carbocycles.